The van der Waals surface area contributed by atoms with Crippen molar-refractivity contribution in [3.63, 3.8) is 0 Å². The number of anilines is 1. The molecule has 18 heavy (non-hydrogen) atoms. The molecule has 2 rings (SSSR count). The maximum Gasteiger partial charge on any atom is 0.141 e. The van der Waals surface area contributed by atoms with E-state index in [4.69, 9.17) is 11.6 Å². The Bertz CT molecular complexity index is 542. The molecular formula is C14H13ClFNO. The lowest BCUT2D eigenvalue weighted by atomic mass is 10.1. The second-order valence-corrected chi connectivity index (χ2v) is 4.49. The summed E-state index contributed by atoms with van der Waals surface area (Å²) in [5.41, 5.74) is 1.77. The zero-order valence-electron chi connectivity index (χ0n) is 9.82. The van der Waals surface area contributed by atoms with Gasteiger partial charge in [0.1, 0.15) is 11.6 Å². The SMILES string of the molecule is CC(Nc1ccc(O)cc1)c1ccc(F)c(Cl)c1. The number of rotatable bonds is 3. The minimum Gasteiger partial charge on any atom is -0.508 e. The lowest BCUT2D eigenvalue weighted by molar-refractivity contribution is 0.475. The Balaban J connectivity index is 2.13. The average Bonchev–Trinajstić information content (AvgIpc) is 2.35. The number of hydrogen-bond donors (Lipinski definition) is 2. The van der Waals surface area contributed by atoms with E-state index in [2.05, 4.69) is 5.32 Å². The Labute approximate surface area is 110 Å². The molecule has 0 aliphatic carbocycles. The van der Waals surface area contributed by atoms with E-state index in [-0.39, 0.29) is 16.8 Å². The van der Waals surface area contributed by atoms with Gasteiger partial charge in [-0.05, 0) is 48.9 Å². The highest BCUT2D eigenvalue weighted by molar-refractivity contribution is 6.30. The Morgan fingerprint density at radius 1 is 1.17 bits per heavy atom. The highest BCUT2D eigenvalue weighted by atomic mass is 35.5. The summed E-state index contributed by atoms with van der Waals surface area (Å²) in [7, 11) is 0. The summed E-state index contributed by atoms with van der Waals surface area (Å²) in [6.45, 7) is 1.95. The van der Waals surface area contributed by atoms with Gasteiger partial charge in [-0.25, -0.2) is 4.39 Å². The predicted molar refractivity (Wildman–Crippen MR) is 71.6 cm³/mol. The molecule has 0 aromatic heterocycles. The fourth-order valence-corrected chi connectivity index (χ4v) is 1.86. The minimum absolute atomic E-state index is 0.00681. The molecule has 0 fully saturated rings. The van der Waals surface area contributed by atoms with Crippen molar-refractivity contribution in [2.75, 3.05) is 5.32 Å². The average molecular weight is 266 g/mol. The molecule has 1 atom stereocenters. The highest BCUT2D eigenvalue weighted by Crippen LogP contribution is 2.24. The molecule has 0 aliphatic rings. The third-order valence-corrected chi connectivity index (χ3v) is 2.98. The molecule has 0 bridgehead atoms. The van der Waals surface area contributed by atoms with E-state index >= 15 is 0 Å². The molecule has 4 heteroatoms. The summed E-state index contributed by atoms with van der Waals surface area (Å²) < 4.78 is 13.1. The monoisotopic (exact) mass is 265 g/mol. The normalized spacial score (nSPS) is 12.2. The Morgan fingerprint density at radius 2 is 1.83 bits per heavy atom. The van der Waals surface area contributed by atoms with Crippen molar-refractivity contribution >= 4 is 17.3 Å². The van der Waals surface area contributed by atoms with Crippen LogP contribution in [0.1, 0.15) is 18.5 Å². The molecule has 2 aromatic rings. The van der Waals surface area contributed by atoms with Crippen molar-refractivity contribution in [1.82, 2.24) is 0 Å². The maximum atomic E-state index is 13.1. The van der Waals surface area contributed by atoms with Crippen LogP contribution in [0.5, 0.6) is 5.75 Å². The number of phenols is 1. The third kappa shape index (κ3) is 2.93. The summed E-state index contributed by atoms with van der Waals surface area (Å²) in [4.78, 5) is 0. The molecule has 94 valence electrons. The number of phenolic OH excluding ortho intramolecular Hbond substituents is 1. The van der Waals surface area contributed by atoms with Crippen LogP contribution in [0, 0.1) is 5.82 Å². The number of nitrogens with one attached hydrogen (secondary N) is 1. The number of aromatic hydroxyl groups is 1. The van der Waals surface area contributed by atoms with Crippen LogP contribution in [-0.4, -0.2) is 5.11 Å². The highest BCUT2D eigenvalue weighted by Gasteiger charge is 2.08. The third-order valence-electron chi connectivity index (χ3n) is 2.69. The van der Waals surface area contributed by atoms with Crippen molar-refractivity contribution in [3.05, 3.63) is 58.9 Å². The van der Waals surface area contributed by atoms with Gasteiger partial charge in [-0.1, -0.05) is 17.7 Å². The van der Waals surface area contributed by atoms with E-state index in [1.165, 1.54) is 6.07 Å². The van der Waals surface area contributed by atoms with E-state index < -0.39 is 5.82 Å². The maximum absolute atomic E-state index is 13.1. The van der Waals surface area contributed by atoms with E-state index in [9.17, 15) is 9.50 Å². The first-order chi connectivity index (χ1) is 8.56. The van der Waals surface area contributed by atoms with Gasteiger partial charge in [0.25, 0.3) is 0 Å². The molecule has 0 amide bonds. The first-order valence-corrected chi connectivity index (χ1v) is 5.94. The molecule has 0 saturated carbocycles. The van der Waals surface area contributed by atoms with Crippen LogP contribution < -0.4 is 5.32 Å². The van der Waals surface area contributed by atoms with E-state index in [1.807, 2.05) is 6.92 Å². The van der Waals surface area contributed by atoms with E-state index in [0.717, 1.165) is 11.3 Å². The zero-order valence-corrected chi connectivity index (χ0v) is 10.6. The van der Waals surface area contributed by atoms with Gasteiger partial charge in [-0.15, -0.1) is 0 Å². The summed E-state index contributed by atoms with van der Waals surface area (Å²) in [6, 6.07) is 11.4. The summed E-state index contributed by atoms with van der Waals surface area (Å²) in [5, 5.41) is 12.5. The quantitative estimate of drug-likeness (QED) is 0.809. The summed E-state index contributed by atoms with van der Waals surface area (Å²) >= 11 is 5.75. The Hall–Kier alpha value is -1.74. The van der Waals surface area contributed by atoms with Crippen molar-refractivity contribution < 1.29 is 9.50 Å². The second kappa shape index (κ2) is 5.27. The fraction of sp³-hybridized carbons (Fsp3) is 0.143. The van der Waals surface area contributed by atoms with Gasteiger partial charge in [0.05, 0.1) is 5.02 Å². The van der Waals surface area contributed by atoms with Gasteiger partial charge in [0, 0.05) is 11.7 Å². The van der Waals surface area contributed by atoms with Crippen molar-refractivity contribution in [2.45, 2.75) is 13.0 Å². The van der Waals surface area contributed by atoms with E-state index in [1.54, 1.807) is 36.4 Å². The van der Waals surface area contributed by atoms with Gasteiger partial charge in [0.2, 0.25) is 0 Å². The zero-order chi connectivity index (χ0) is 13.1. The van der Waals surface area contributed by atoms with Gasteiger partial charge < -0.3 is 10.4 Å². The van der Waals surface area contributed by atoms with Crippen LogP contribution in [0.3, 0.4) is 0 Å². The molecule has 0 heterocycles. The topological polar surface area (TPSA) is 32.3 Å². The second-order valence-electron chi connectivity index (χ2n) is 4.09. The first kappa shape index (κ1) is 12.7. The Kier molecular flexibility index (Phi) is 3.72. The van der Waals surface area contributed by atoms with Crippen LogP contribution in [-0.2, 0) is 0 Å². The lowest BCUT2D eigenvalue weighted by Gasteiger charge is -2.16. The number of halogens is 2. The molecule has 0 radical (unpaired) electrons. The molecule has 1 unspecified atom stereocenters. The molecule has 2 aromatic carbocycles. The summed E-state index contributed by atoms with van der Waals surface area (Å²) in [6.07, 6.45) is 0. The standard InChI is InChI=1S/C14H13ClFNO/c1-9(10-2-7-14(16)13(15)8-10)17-11-3-5-12(18)6-4-11/h2-9,17-18H,1H3. The van der Waals surface area contributed by atoms with Crippen LogP contribution in [0.2, 0.25) is 5.02 Å². The molecule has 0 spiro atoms. The van der Waals surface area contributed by atoms with Crippen LogP contribution in [0.4, 0.5) is 10.1 Å². The molecule has 2 N–H and O–H groups in total. The first-order valence-electron chi connectivity index (χ1n) is 5.57. The van der Waals surface area contributed by atoms with E-state index in [0.29, 0.717) is 0 Å². The largest absolute Gasteiger partial charge is 0.508 e. The van der Waals surface area contributed by atoms with Gasteiger partial charge in [-0.2, -0.15) is 0 Å². The molecule has 0 aliphatic heterocycles. The number of hydrogen-bond acceptors (Lipinski definition) is 2. The van der Waals surface area contributed by atoms with Gasteiger partial charge >= 0.3 is 0 Å². The summed E-state index contributed by atoms with van der Waals surface area (Å²) in [5.74, 6) is -0.199. The van der Waals surface area contributed by atoms with Crippen LogP contribution in [0.25, 0.3) is 0 Å². The van der Waals surface area contributed by atoms with Crippen molar-refractivity contribution in [3.8, 4) is 5.75 Å². The lowest BCUT2D eigenvalue weighted by Crippen LogP contribution is -2.06. The van der Waals surface area contributed by atoms with Crippen LogP contribution >= 0.6 is 11.6 Å². The van der Waals surface area contributed by atoms with Crippen LogP contribution in [0.15, 0.2) is 42.5 Å². The smallest absolute Gasteiger partial charge is 0.141 e. The van der Waals surface area contributed by atoms with Gasteiger partial charge in [0.15, 0.2) is 0 Å². The molecular weight excluding hydrogens is 253 g/mol. The fourth-order valence-electron chi connectivity index (χ4n) is 1.67. The van der Waals surface area contributed by atoms with Gasteiger partial charge in [-0.3, -0.25) is 0 Å². The van der Waals surface area contributed by atoms with Crippen molar-refractivity contribution in [1.29, 1.82) is 0 Å². The minimum atomic E-state index is -0.419. The predicted octanol–water partition coefficient (Wildman–Crippen LogP) is 4.36. The molecule has 0 saturated heterocycles. The number of benzene rings is 2. The van der Waals surface area contributed by atoms with Crippen molar-refractivity contribution in [2.24, 2.45) is 0 Å². The Morgan fingerprint density at radius 3 is 2.44 bits per heavy atom. The molecule has 2 nitrogen and oxygen atoms in total.